The average Bonchev–Trinajstić information content (AvgIpc) is 2.52. The van der Waals surface area contributed by atoms with E-state index >= 15 is 0 Å². The van der Waals surface area contributed by atoms with Gasteiger partial charge >= 0.3 is 0 Å². The Bertz CT molecular complexity index is 631. The maximum Gasteiger partial charge on any atom is 0.251 e. The van der Waals surface area contributed by atoms with E-state index < -0.39 is 0 Å². The van der Waals surface area contributed by atoms with Gasteiger partial charge in [-0.3, -0.25) is 4.79 Å². The van der Waals surface area contributed by atoms with E-state index in [1.165, 1.54) is 0 Å². The molecule has 0 spiro atoms. The zero-order chi connectivity index (χ0) is 15.8. The fraction of sp³-hybridized carbons (Fsp3) is 0.235. The molecule has 2 aromatic carbocycles. The Morgan fingerprint density at radius 3 is 2.55 bits per heavy atom. The monoisotopic (exact) mass is 363 g/mol. The van der Waals surface area contributed by atoms with Crippen molar-refractivity contribution in [2.24, 2.45) is 0 Å². The maximum atomic E-state index is 12.0. The molecule has 0 fully saturated rings. The molecule has 4 nitrogen and oxygen atoms in total. The molecule has 0 aliphatic carbocycles. The summed E-state index contributed by atoms with van der Waals surface area (Å²) in [6, 6.07) is 14.7. The highest BCUT2D eigenvalue weighted by Gasteiger charge is 2.06. The summed E-state index contributed by atoms with van der Waals surface area (Å²) in [7, 11) is 0. The molecule has 0 saturated carbocycles. The highest BCUT2D eigenvalue weighted by molar-refractivity contribution is 9.10. The van der Waals surface area contributed by atoms with E-state index in [0.717, 1.165) is 10.2 Å². The molecule has 2 aromatic rings. The third kappa shape index (κ3) is 5.07. The Kier molecular flexibility index (Phi) is 6.27. The van der Waals surface area contributed by atoms with Gasteiger partial charge in [0.15, 0.2) is 0 Å². The van der Waals surface area contributed by atoms with Crippen LogP contribution in [-0.2, 0) is 0 Å². The number of nitrogens with one attached hydrogen (secondary N) is 1. The number of halogens is 1. The fourth-order valence-electron chi connectivity index (χ4n) is 1.89. The van der Waals surface area contributed by atoms with Gasteiger partial charge in [-0.25, -0.2) is 0 Å². The summed E-state index contributed by atoms with van der Waals surface area (Å²) < 4.78 is 11.9. The summed E-state index contributed by atoms with van der Waals surface area (Å²) in [6.45, 7) is 3.33. The second-order valence-corrected chi connectivity index (χ2v) is 5.44. The Morgan fingerprint density at radius 2 is 1.82 bits per heavy atom. The first-order chi connectivity index (χ1) is 10.7. The Hall–Kier alpha value is -2.01. The molecule has 0 aliphatic rings. The molecule has 22 heavy (non-hydrogen) atoms. The molecule has 1 N–H and O–H groups in total. The fourth-order valence-corrected chi connectivity index (χ4v) is 2.26. The van der Waals surface area contributed by atoms with Crippen LogP contribution in [0.5, 0.6) is 11.5 Å². The summed E-state index contributed by atoms with van der Waals surface area (Å²) in [5.74, 6) is 1.32. The first-order valence-corrected chi connectivity index (χ1v) is 7.88. The maximum absolute atomic E-state index is 12.0. The normalized spacial score (nSPS) is 10.1. The Balaban J connectivity index is 1.79. The minimum atomic E-state index is -0.139. The molecule has 0 aromatic heterocycles. The molecule has 0 unspecified atom stereocenters. The molecule has 2 rings (SSSR count). The highest BCUT2D eigenvalue weighted by Crippen LogP contribution is 2.17. The van der Waals surface area contributed by atoms with Gasteiger partial charge in [0.25, 0.3) is 5.91 Å². The van der Waals surface area contributed by atoms with Crippen molar-refractivity contribution >= 4 is 21.8 Å². The highest BCUT2D eigenvalue weighted by atomic mass is 79.9. The topological polar surface area (TPSA) is 47.6 Å². The Morgan fingerprint density at radius 1 is 1.09 bits per heavy atom. The summed E-state index contributed by atoms with van der Waals surface area (Å²) in [4.78, 5) is 12.0. The van der Waals surface area contributed by atoms with E-state index in [9.17, 15) is 4.79 Å². The van der Waals surface area contributed by atoms with Gasteiger partial charge in [-0.05, 0) is 43.3 Å². The second-order valence-electron chi connectivity index (χ2n) is 4.52. The summed E-state index contributed by atoms with van der Waals surface area (Å²) in [5, 5.41) is 2.82. The third-order valence-electron chi connectivity index (χ3n) is 2.86. The van der Waals surface area contributed by atoms with E-state index in [-0.39, 0.29) is 5.91 Å². The van der Waals surface area contributed by atoms with Crippen LogP contribution in [0.3, 0.4) is 0 Å². The van der Waals surface area contributed by atoms with Crippen molar-refractivity contribution in [2.75, 3.05) is 19.8 Å². The van der Waals surface area contributed by atoms with Gasteiger partial charge in [0, 0.05) is 10.0 Å². The van der Waals surface area contributed by atoms with Crippen LogP contribution < -0.4 is 14.8 Å². The molecule has 1 amide bonds. The lowest BCUT2D eigenvalue weighted by Crippen LogP contribution is -2.28. The van der Waals surface area contributed by atoms with Gasteiger partial charge in [-0.2, -0.15) is 0 Å². The summed E-state index contributed by atoms with van der Waals surface area (Å²) in [5.41, 5.74) is 0.577. The first-order valence-electron chi connectivity index (χ1n) is 7.08. The summed E-state index contributed by atoms with van der Waals surface area (Å²) in [6.07, 6.45) is 0. The van der Waals surface area contributed by atoms with Crippen LogP contribution >= 0.6 is 15.9 Å². The van der Waals surface area contributed by atoms with Crippen LogP contribution in [0.1, 0.15) is 17.3 Å². The molecular formula is C17H18BrNO3. The SMILES string of the molecule is CCOc1cccc(C(=O)NCCOc2cccc(Br)c2)c1. The minimum Gasteiger partial charge on any atom is -0.494 e. The zero-order valence-electron chi connectivity index (χ0n) is 12.3. The molecule has 0 aliphatic heterocycles. The predicted molar refractivity (Wildman–Crippen MR) is 89.6 cm³/mol. The molecular weight excluding hydrogens is 346 g/mol. The minimum absolute atomic E-state index is 0.139. The predicted octanol–water partition coefficient (Wildman–Crippen LogP) is 3.66. The number of hydrogen-bond acceptors (Lipinski definition) is 3. The van der Waals surface area contributed by atoms with Crippen molar-refractivity contribution in [3.8, 4) is 11.5 Å². The number of benzene rings is 2. The second kappa shape index (κ2) is 8.44. The quantitative estimate of drug-likeness (QED) is 0.763. The lowest BCUT2D eigenvalue weighted by molar-refractivity contribution is 0.0946. The van der Waals surface area contributed by atoms with E-state index in [0.29, 0.717) is 31.1 Å². The van der Waals surface area contributed by atoms with Crippen molar-refractivity contribution in [1.29, 1.82) is 0 Å². The van der Waals surface area contributed by atoms with Crippen molar-refractivity contribution in [2.45, 2.75) is 6.92 Å². The summed E-state index contributed by atoms with van der Waals surface area (Å²) >= 11 is 3.38. The number of rotatable bonds is 7. The van der Waals surface area contributed by atoms with Gasteiger partial charge in [-0.1, -0.05) is 28.1 Å². The lowest BCUT2D eigenvalue weighted by Gasteiger charge is -2.09. The number of ether oxygens (including phenoxy) is 2. The van der Waals surface area contributed by atoms with Crippen LogP contribution in [-0.4, -0.2) is 25.7 Å². The molecule has 116 valence electrons. The van der Waals surface area contributed by atoms with E-state index in [4.69, 9.17) is 9.47 Å². The van der Waals surface area contributed by atoms with Crippen LogP contribution in [0.2, 0.25) is 0 Å². The van der Waals surface area contributed by atoms with E-state index in [1.807, 2.05) is 37.3 Å². The standard InChI is InChI=1S/C17H18BrNO3/c1-2-21-15-7-3-5-13(11-15)17(20)19-9-10-22-16-8-4-6-14(18)12-16/h3-8,11-12H,2,9-10H2,1H3,(H,19,20). The number of carbonyl (C=O) groups excluding carboxylic acids is 1. The van der Waals surface area contributed by atoms with E-state index in [1.54, 1.807) is 18.2 Å². The molecule has 0 atom stereocenters. The van der Waals surface area contributed by atoms with Crippen LogP contribution in [0.15, 0.2) is 53.0 Å². The number of amides is 1. The Labute approximate surface area is 138 Å². The largest absolute Gasteiger partial charge is 0.494 e. The van der Waals surface area contributed by atoms with Gasteiger partial charge in [0.1, 0.15) is 18.1 Å². The lowest BCUT2D eigenvalue weighted by atomic mass is 10.2. The van der Waals surface area contributed by atoms with Crippen molar-refractivity contribution in [3.63, 3.8) is 0 Å². The average molecular weight is 364 g/mol. The molecule has 0 radical (unpaired) electrons. The van der Waals surface area contributed by atoms with Gasteiger partial charge < -0.3 is 14.8 Å². The van der Waals surface area contributed by atoms with Crippen LogP contribution in [0, 0.1) is 0 Å². The molecule has 0 heterocycles. The van der Waals surface area contributed by atoms with Crippen molar-refractivity contribution in [3.05, 3.63) is 58.6 Å². The number of carbonyl (C=O) groups is 1. The number of hydrogen-bond donors (Lipinski definition) is 1. The van der Waals surface area contributed by atoms with Crippen LogP contribution in [0.25, 0.3) is 0 Å². The van der Waals surface area contributed by atoms with Crippen molar-refractivity contribution < 1.29 is 14.3 Å². The third-order valence-corrected chi connectivity index (χ3v) is 3.35. The zero-order valence-corrected chi connectivity index (χ0v) is 13.9. The molecule has 0 saturated heterocycles. The van der Waals surface area contributed by atoms with Gasteiger partial charge in [-0.15, -0.1) is 0 Å². The van der Waals surface area contributed by atoms with Crippen molar-refractivity contribution in [1.82, 2.24) is 5.32 Å². The smallest absolute Gasteiger partial charge is 0.251 e. The first kappa shape index (κ1) is 16.4. The van der Waals surface area contributed by atoms with E-state index in [2.05, 4.69) is 21.2 Å². The van der Waals surface area contributed by atoms with Gasteiger partial charge in [0.2, 0.25) is 0 Å². The molecule has 5 heteroatoms. The van der Waals surface area contributed by atoms with Crippen LogP contribution in [0.4, 0.5) is 0 Å². The molecule has 0 bridgehead atoms. The van der Waals surface area contributed by atoms with Gasteiger partial charge in [0.05, 0.1) is 13.2 Å².